The Bertz CT molecular complexity index is 903. The van der Waals surface area contributed by atoms with E-state index in [4.69, 9.17) is 4.74 Å². The molecule has 0 unspecified atom stereocenters. The molecule has 1 aromatic heterocycles. The van der Waals surface area contributed by atoms with E-state index < -0.39 is 22.5 Å². The van der Waals surface area contributed by atoms with Crippen LogP contribution in [-0.4, -0.2) is 47.2 Å². The second kappa shape index (κ2) is 8.11. The second-order valence-corrected chi connectivity index (χ2v) is 6.03. The molecule has 2 aromatic rings. The molecule has 148 valence electrons. The van der Waals surface area contributed by atoms with Gasteiger partial charge in [0.25, 0.3) is 0 Å². The predicted octanol–water partition coefficient (Wildman–Crippen LogP) is 2.50. The van der Waals surface area contributed by atoms with Gasteiger partial charge in [-0.1, -0.05) is 0 Å². The fraction of sp³-hybridized carbons (Fsp3) is 0.353. The summed E-state index contributed by atoms with van der Waals surface area (Å²) in [6, 6.07) is 3.06. The summed E-state index contributed by atoms with van der Waals surface area (Å²) in [5.74, 6) is -2.63. The van der Waals surface area contributed by atoms with E-state index in [9.17, 15) is 23.7 Å². The molecule has 1 aliphatic heterocycles. The number of methoxy groups -OCH3 is 1. The molecule has 2 heterocycles. The van der Waals surface area contributed by atoms with Crippen molar-refractivity contribution in [1.29, 1.82) is 0 Å². The molecule has 0 N–H and O–H groups in total. The van der Waals surface area contributed by atoms with Crippen LogP contribution in [0.4, 0.5) is 20.3 Å². The quantitative estimate of drug-likeness (QED) is 0.432. The molecule has 9 nitrogen and oxygen atoms in total. The monoisotopic (exact) mass is 394 g/mol. The molecule has 1 saturated heterocycles. The SMILES string of the molecule is COC(=O)c1ncc([N+](=O)[O-])c(N2CCC(Oc3ccc(F)cc3F)CC2)n1. The van der Waals surface area contributed by atoms with Gasteiger partial charge < -0.3 is 14.4 Å². The first kappa shape index (κ1) is 19.4. The highest BCUT2D eigenvalue weighted by Crippen LogP contribution is 2.29. The summed E-state index contributed by atoms with van der Waals surface area (Å²) in [5.41, 5.74) is -0.336. The van der Waals surface area contributed by atoms with Crippen LogP contribution in [-0.2, 0) is 4.74 Å². The van der Waals surface area contributed by atoms with Crippen LogP contribution in [0.1, 0.15) is 23.5 Å². The van der Waals surface area contributed by atoms with Gasteiger partial charge in [-0.15, -0.1) is 0 Å². The highest BCUT2D eigenvalue weighted by molar-refractivity contribution is 5.86. The van der Waals surface area contributed by atoms with Gasteiger partial charge in [-0.2, -0.15) is 4.98 Å². The molecule has 0 amide bonds. The maximum atomic E-state index is 13.7. The first-order valence-corrected chi connectivity index (χ1v) is 8.35. The number of ether oxygens (including phenoxy) is 2. The van der Waals surface area contributed by atoms with E-state index in [2.05, 4.69) is 14.7 Å². The van der Waals surface area contributed by atoms with Crippen LogP contribution < -0.4 is 9.64 Å². The highest BCUT2D eigenvalue weighted by Gasteiger charge is 2.29. The van der Waals surface area contributed by atoms with Crippen LogP contribution in [0.15, 0.2) is 24.4 Å². The van der Waals surface area contributed by atoms with Crippen LogP contribution in [0, 0.1) is 21.7 Å². The minimum absolute atomic E-state index is 0.00631. The number of piperidine rings is 1. The third-order valence-corrected chi connectivity index (χ3v) is 4.24. The number of benzene rings is 1. The number of carbonyl (C=O) groups is 1. The summed E-state index contributed by atoms with van der Waals surface area (Å²) in [6.45, 7) is 0.651. The van der Waals surface area contributed by atoms with E-state index in [1.807, 2.05) is 0 Å². The molecule has 0 atom stereocenters. The number of rotatable bonds is 5. The van der Waals surface area contributed by atoms with Gasteiger partial charge in [0.1, 0.15) is 18.1 Å². The van der Waals surface area contributed by atoms with Crippen molar-refractivity contribution in [2.75, 3.05) is 25.1 Å². The molecule has 0 saturated carbocycles. The van der Waals surface area contributed by atoms with Gasteiger partial charge in [-0.25, -0.2) is 18.6 Å². The maximum Gasteiger partial charge on any atom is 0.376 e. The average molecular weight is 394 g/mol. The van der Waals surface area contributed by atoms with Gasteiger partial charge in [0.15, 0.2) is 11.6 Å². The summed E-state index contributed by atoms with van der Waals surface area (Å²) in [7, 11) is 1.16. The molecule has 3 rings (SSSR count). The number of esters is 1. The van der Waals surface area contributed by atoms with Gasteiger partial charge in [0.05, 0.1) is 12.0 Å². The average Bonchev–Trinajstić information content (AvgIpc) is 2.69. The van der Waals surface area contributed by atoms with E-state index >= 15 is 0 Å². The smallest absolute Gasteiger partial charge is 0.376 e. The van der Waals surface area contributed by atoms with Crippen molar-refractivity contribution in [3.63, 3.8) is 0 Å². The second-order valence-electron chi connectivity index (χ2n) is 6.03. The lowest BCUT2D eigenvalue weighted by Gasteiger charge is -2.32. The summed E-state index contributed by atoms with van der Waals surface area (Å²) in [6.07, 6.45) is 1.46. The Hall–Kier alpha value is -3.37. The van der Waals surface area contributed by atoms with Gasteiger partial charge in [0, 0.05) is 32.0 Å². The lowest BCUT2D eigenvalue weighted by atomic mass is 10.1. The lowest BCUT2D eigenvalue weighted by molar-refractivity contribution is -0.384. The van der Waals surface area contributed by atoms with Crippen LogP contribution >= 0.6 is 0 Å². The van der Waals surface area contributed by atoms with Crippen LogP contribution in [0.5, 0.6) is 5.75 Å². The number of nitrogens with zero attached hydrogens (tertiary/aromatic N) is 4. The summed E-state index contributed by atoms with van der Waals surface area (Å²) in [4.78, 5) is 31.5. The van der Waals surface area contributed by atoms with E-state index in [0.717, 1.165) is 25.4 Å². The fourth-order valence-electron chi connectivity index (χ4n) is 2.85. The molecule has 1 fully saturated rings. The number of aromatic nitrogens is 2. The summed E-state index contributed by atoms with van der Waals surface area (Å²) < 4.78 is 36.8. The van der Waals surface area contributed by atoms with E-state index in [0.29, 0.717) is 25.9 Å². The van der Waals surface area contributed by atoms with Gasteiger partial charge in [0.2, 0.25) is 11.6 Å². The summed E-state index contributed by atoms with van der Waals surface area (Å²) >= 11 is 0. The molecule has 28 heavy (non-hydrogen) atoms. The van der Waals surface area contributed by atoms with Crippen molar-refractivity contribution < 1.29 is 28.0 Å². The predicted molar refractivity (Wildman–Crippen MR) is 92.2 cm³/mol. The Morgan fingerprint density at radius 1 is 1.32 bits per heavy atom. The molecule has 0 radical (unpaired) electrons. The molecule has 0 bridgehead atoms. The number of nitro groups is 1. The molecular formula is C17H16F2N4O5. The Kier molecular flexibility index (Phi) is 5.62. The largest absolute Gasteiger partial charge is 0.487 e. The zero-order chi connectivity index (χ0) is 20.3. The fourth-order valence-corrected chi connectivity index (χ4v) is 2.85. The van der Waals surface area contributed by atoms with Crippen molar-refractivity contribution in [2.45, 2.75) is 18.9 Å². The first-order chi connectivity index (χ1) is 13.4. The minimum Gasteiger partial charge on any atom is -0.487 e. The van der Waals surface area contributed by atoms with Gasteiger partial charge >= 0.3 is 11.7 Å². The third kappa shape index (κ3) is 4.13. The Balaban J connectivity index is 1.73. The van der Waals surface area contributed by atoms with Crippen molar-refractivity contribution in [2.24, 2.45) is 0 Å². The Morgan fingerprint density at radius 3 is 2.64 bits per heavy atom. The third-order valence-electron chi connectivity index (χ3n) is 4.24. The Morgan fingerprint density at radius 2 is 2.04 bits per heavy atom. The molecular weight excluding hydrogens is 378 g/mol. The zero-order valence-electron chi connectivity index (χ0n) is 14.8. The minimum atomic E-state index is -0.804. The van der Waals surface area contributed by atoms with Crippen molar-refractivity contribution in [3.05, 3.63) is 52.0 Å². The number of hydrogen-bond donors (Lipinski definition) is 0. The number of anilines is 1. The zero-order valence-corrected chi connectivity index (χ0v) is 14.8. The lowest BCUT2D eigenvalue weighted by Crippen LogP contribution is -2.39. The molecule has 0 spiro atoms. The standard InChI is InChI=1S/C17H16F2N4O5/c1-27-17(24)15-20-9-13(23(25)26)16(21-15)22-6-4-11(5-7-22)28-14-3-2-10(18)8-12(14)19/h2-3,8-9,11H,4-7H2,1H3. The molecule has 11 heteroatoms. The first-order valence-electron chi connectivity index (χ1n) is 8.35. The van der Waals surface area contributed by atoms with E-state index in [-0.39, 0.29) is 29.2 Å². The molecule has 1 aromatic carbocycles. The maximum absolute atomic E-state index is 13.7. The topological polar surface area (TPSA) is 108 Å². The van der Waals surface area contributed by atoms with Crippen molar-refractivity contribution in [1.82, 2.24) is 9.97 Å². The molecule has 1 aliphatic rings. The van der Waals surface area contributed by atoms with Crippen LogP contribution in [0.25, 0.3) is 0 Å². The summed E-state index contributed by atoms with van der Waals surface area (Å²) in [5, 5.41) is 11.3. The van der Waals surface area contributed by atoms with Gasteiger partial charge in [-0.05, 0) is 12.1 Å². The van der Waals surface area contributed by atoms with E-state index in [1.54, 1.807) is 4.90 Å². The van der Waals surface area contributed by atoms with Crippen molar-refractivity contribution >= 4 is 17.5 Å². The van der Waals surface area contributed by atoms with E-state index in [1.165, 1.54) is 6.07 Å². The molecule has 0 aliphatic carbocycles. The van der Waals surface area contributed by atoms with Crippen LogP contribution in [0.3, 0.4) is 0 Å². The Labute approximate surface area is 158 Å². The van der Waals surface area contributed by atoms with Gasteiger partial charge in [-0.3, -0.25) is 10.1 Å². The number of halogens is 2. The van der Waals surface area contributed by atoms with Crippen molar-refractivity contribution in [3.8, 4) is 5.75 Å². The number of carbonyl (C=O) groups excluding carboxylic acids is 1. The normalized spacial score (nSPS) is 14.6. The number of hydrogen-bond acceptors (Lipinski definition) is 8. The highest BCUT2D eigenvalue weighted by atomic mass is 19.1. The van der Waals surface area contributed by atoms with Crippen LogP contribution in [0.2, 0.25) is 0 Å².